The van der Waals surface area contributed by atoms with Crippen molar-refractivity contribution in [3.63, 3.8) is 0 Å². The Kier molecular flexibility index (Phi) is 3.32. The maximum absolute atomic E-state index is 11.1. The molecule has 0 aromatic heterocycles. The Morgan fingerprint density at radius 2 is 1.69 bits per heavy atom. The van der Waals surface area contributed by atoms with Crippen molar-refractivity contribution < 1.29 is 19.8 Å². The molecule has 1 rings (SSSR count). The van der Waals surface area contributed by atoms with E-state index in [1.54, 1.807) is 13.0 Å². The van der Waals surface area contributed by atoms with Crippen LogP contribution in [-0.4, -0.2) is 22.2 Å². The maximum Gasteiger partial charge on any atom is 0.336 e. The van der Waals surface area contributed by atoms with Gasteiger partial charge in [-0.2, -0.15) is 0 Å². The molecular formula is C12H14O4. The number of aryl methyl sites for hydroxylation is 1. The second kappa shape index (κ2) is 4.35. The van der Waals surface area contributed by atoms with Crippen molar-refractivity contribution in [2.45, 2.75) is 27.2 Å². The zero-order valence-electron chi connectivity index (χ0n) is 9.50. The molecule has 4 nitrogen and oxygen atoms in total. The summed E-state index contributed by atoms with van der Waals surface area (Å²) in [7, 11) is 0. The number of carbonyl (C=O) groups is 2. The summed E-state index contributed by atoms with van der Waals surface area (Å²) < 4.78 is 0. The van der Waals surface area contributed by atoms with Gasteiger partial charge in [-0.15, -0.1) is 0 Å². The lowest BCUT2D eigenvalue weighted by Gasteiger charge is -2.12. The van der Waals surface area contributed by atoms with E-state index < -0.39 is 11.9 Å². The first-order valence-corrected chi connectivity index (χ1v) is 4.99. The van der Waals surface area contributed by atoms with Gasteiger partial charge >= 0.3 is 11.9 Å². The van der Waals surface area contributed by atoms with Crippen LogP contribution >= 0.6 is 0 Å². The SMILES string of the molecule is CCc1cc(C(=O)O)c(C)c(C(=O)O)c1C. The van der Waals surface area contributed by atoms with Crippen molar-refractivity contribution in [1.82, 2.24) is 0 Å². The standard InChI is InChI=1S/C12H14O4/c1-4-8-5-9(11(13)14)7(3)10(6(8)2)12(15)16/h5H,4H2,1-3H3,(H,13,14)(H,15,16). The summed E-state index contributed by atoms with van der Waals surface area (Å²) in [6, 6.07) is 1.56. The molecule has 0 saturated carbocycles. The molecule has 0 heterocycles. The second-order valence-electron chi connectivity index (χ2n) is 3.67. The van der Waals surface area contributed by atoms with Gasteiger partial charge < -0.3 is 10.2 Å². The van der Waals surface area contributed by atoms with Crippen molar-refractivity contribution in [3.8, 4) is 0 Å². The molecule has 0 aliphatic carbocycles. The molecule has 2 N–H and O–H groups in total. The molecule has 1 aromatic rings. The molecule has 16 heavy (non-hydrogen) atoms. The van der Waals surface area contributed by atoms with E-state index in [9.17, 15) is 9.59 Å². The molecule has 0 aliphatic heterocycles. The van der Waals surface area contributed by atoms with Crippen LogP contribution in [0.2, 0.25) is 0 Å². The highest BCUT2D eigenvalue weighted by Gasteiger charge is 2.19. The second-order valence-corrected chi connectivity index (χ2v) is 3.67. The summed E-state index contributed by atoms with van der Waals surface area (Å²) in [6.07, 6.45) is 0.618. The number of hydrogen-bond donors (Lipinski definition) is 2. The normalized spacial score (nSPS) is 10.2. The Bertz CT molecular complexity index is 461. The third kappa shape index (κ3) is 1.91. The molecule has 0 atom stereocenters. The first kappa shape index (κ1) is 12.2. The summed E-state index contributed by atoms with van der Waals surface area (Å²) in [4.78, 5) is 22.1. The molecule has 4 heteroatoms. The smallest absolute Gasteiger partial charge is 0.336 e. The molecular weight excluding hydrogens is 208 g/mol. The monoisotopic (exact) mass is 222 g/mol. The topological polar surface area (TPSA) is 74.6 Å². The highest BCUT2D eigenvalue weighted by Crippen LogP contribution is 2.23. The van der Waals surface area contributed by atoms with Crippen LogP contribution < -0.4 is 0 Å². The number of carboxylic acid groups (broad SMARTS) is 2. The predicted octanol–water partition coefficient (Wildman–Crippen LogP) is 2.26. The average Bonchev–Trinajstić information content (AvgIpc) is 2.16. The third-order valence-corrected chi connectivity index (χ3v) is 2.78. The van der Waals surface area contributed by atoms with Gasteiger partial charge in [0.1, 0.15) is 0 Å². The highest BCUT2D eigenvalue weighted by atomic mass is 16.4. The summed E-state index contributed by atoms with van der Waals surface area (Å²) in [5, 5.41) is 18.1. The van der Waals surface area contributed by atoms with Crippen LogP contribution in [0.5, 0.6) is 0 Å². The Hall–Kier alpha value is -1.84. The Labute approximate surface area is 93.5 Å². The van der Waals surface area contributed by atoms with E-state index in [0.29, 0.717) is 17.5 Å². The first-order valence-electron chi connectivity index (χ1n) is 4.99. The molecule has 0 radical (unpaired) electrons. The maximum atomic E-state index is 11.1. The van der Waals surface area contributed by atoms with Gasteiger partial charge in [0.2, 0.25) is 0 Å². The van der Waals surface area contributed by atoms with Gasteiger partial charge in [0.15, 0.2) is 0 Å². The Balaban J connectivity index is 3.64. The van der Waals surface area contributed by atoms with E-state index in [1.807, 2.05) is 6.92 Å². The minimum atomic E-state index is -1.09. The van der Waals surface area contributed by atoms with E-state index in [0.717, 1.165) is 5.56 Å². The van der Waals surface area contributed by atoms with Crippen LogP contribution in [0.1, 0.15) is 44.3 Å². The number of benzene rings is 1. The van der Waals surface area contributed by atoms with Crippen LogP contribution in [0.3, 0.4) is 0 Å². The van der Waals surface area contributed by atoms with Crippen molar-refractivity contribution in [2.75, 3.05) is 0 Å². The number of carboxylic acids is 2. The molecule has 0 spiro atoms. The molecule has 0 unspecified atom stereocenters. The lowest BCUT2D eigenvalue weighted by Crippen LogP contribution is -2.11. The van der Waals surface area contributed by atoms with E-state index in [1.165, 1.54) is 6.92 Å². The highest BCUT2D eigenvalue weighted by molar-refractivity contribution is 5.98. The number of rotatable bonds is 3. The van der Waals surface area contributed by atoms with E-state index in [4.69, 9.17) is 10.2 Å². The molecule has 0 bridgehead atoms. The van der Waals surface area contributed by atoms with Gasteiger partial charge in [0, 0.05) is 0 Å². The molecule has 0 amide bonds. The third-order valence-electron chi connectivity index (χ3n) is 2.78. The summed E-state index contributed by atoms with van der Waals surface area (Å²) >= 11 is 0. The van der Waals surface area contributed by atoms with Crippen LogP contribution in [-0.2, 0) is 6.42 Å². The molecule has 86 valence electrons. The summed E-state index contributed by atoms with van der Waals surface area (Å²) in [6.45, 7) is 5.11. The van der Waals surface area contributed by atoms with Gasteiger partial charge in [-0.3, -0.25) is 0 Å². The van der Waals surface area contributed by atoms with Crippen molar-refractivity contribution in [3.05, 3.63) is 33.9 Å². The van der Waals surface area contributed by atoms with Gasteiger partial charge in [-0.25, -0.2) is 9.59 Å². The molecule has 0 aliphatic rings. The van der Waals surface area contributed by atoms with Gasteiger partial charge in [-0.05, 0) is 43.0 Å². The predicted molar refractivity (Wildman–Crippen MR) is 59.2 cm³/mol. The summed E-state index contributed by atoms with van der Waals surface area (Å²) in [5.74, 6) is -2.16. The lowest BCUT2D eigenvalue weighted by atomic mass is 9.92. The first-order chi connectivity index (χ1) is 7.40. The molecule has 0 fully saturated rings. The minimum Gasteiger partial charge on any atom is -0.478 e. The molecule has 0 saturated heterocycles. The lowest BCUT2D eigenvalue weighted by molar-refractivity contribution is 0.0695. The zero-order chi connectivity index (χ0) is 12.5. The van der Waals surface area contributed by atoms with E-state index >= 15 is 0 Å². The van der Waals surface area contributed by atoms with Gasteiger partial charge in [0.05, 0.1) is 11.1 Å². The van der Waals surface area contributed by atoms with Crippen LogP contribution in [0.4, 0.5) is 0 Å². The van der Waals surface area contributed by atoms with Gasteiger partial charge in [0.25, 0.3) is 0 Å². The average molecular weight is 222 g/mol. The van der Waals surface area contributed by atoms with Crippen LogP contribution in [0, 0.1) is 13.8 Å². The van der Waals surface area contributed by atoms with Crippen molar-refractivity contribution in [2.24, 2.45) is 0 Å². The minimum absolute atomic E-state index is 0.0693. The Morgan fingerprint density at radius 3 is 2.06 bits per heavy atom. The van der Waals surface area contributed by atoms with Crippen molar-refractivity contribution in [1.29, 1.82) is 0 Å². The van der Waals surface area contributed by atoms with Crippen molar-refractivity contribution >= 4 is 11.9 Å². The molecule has 1 aromatic carbocycles. The van der Waals surface area contributed by atoms with E-state index in [2.05, 4.69) is 0 Å². The number of aromatic carboxylic acids is 2. The fourth-order valence-electron chi connectivity index (χ4n) is 1.88. The zero-order valence-corrected chi connectivity index (χ0v) is 9.50. The quantitative estimate of drug-likeness (QED) is 0.822. The largest absolute Gasteiger partial charge is 0.478 e. The Morgan fingerprint density at radius 1 is 1.12 bits per heavy atom. The fourth-order valence-corrected chi connectivity index (χ4v) is 1.88. The summed E-state index contributed by atoms with van der Waals surface area (Å²) in [5.41, 5.74) is 1.91. The fraction of sp³-hybridized carbons (Fsp3) is 0.333. The van der Waals surface area contributed by atoms with E-state index in [-0.39, 0.29) is 11.1 Å². The van der Waals surface area contributed by atoms with Gasteiger partial charge in [-0.1, -0.05) is 6.92 Å². The van der Waals surface area contributed by atoms with Crippen LogP contribution in [0.15, 0.2) is 6.07 Å². The van der Waals surface area contributed by atoms with Crippen LogP contribution in [0.25, 0.3) is 0 Å². The number of hydrogen-bond acceptors (Lipinski definition) is 2.